The first kappa shape index (κ1) is 22.0. The molecule has 0 radical (unpaired) electrons. The molecule has 0 aromatic heterocycles. The van der Waals surface area contributed by atoms with Crippen molar-refractivity contribution in [1.29, 1.82) is 0 Å². The second-order valence-corrected chi connectivity index (χ2v) is 8.54. The number of unbranched alkanes of at least 4 members (excludes halogenated alkanes) is 13. The summed E-state index contributed by atoms with van der Waals surface area (Å²) in [7, 11) is 0. The van der Waals surface area contributed by atoms with Crippen molar-refractivity contribution in [2.75, 3.05) is 26.2 Å². The molecule has 24 heavy (non-hydrogen) atoms. The summed E-state index contributed by atoms with van der Waals surface area (Å²) in [4.78, 5) is 0. The minimum Gasteiger partial charge on any atom is -0.324 e. The van der Waals surface area contributed by atoms with E-state index in [1.54, 1.807) is 0 Å². The number of quaternary nitrogens is 1. The SMILES string of the molecule is CCCCCCCCCC[N+]1(CCCCCCCCC)CCCC1. The summed E-state index contributed by atoms with van der Waals surface area (Å²) in [6.07, 6.45) is 24.9. The standard InChI is InChI=1S/C23H48N/c1-3-5-7-9-11-13-15-17-21-24(22-18-19-23-24)20-16-14-12-10-8-6-4-2/h3-23H2,1-2H3/q+1. The van der Waals surface area contributed by atoms with Crippen molar-refractivity contribution in [3.05, 3.63) is 0 Å². The van der Waals surface area contributed by atoms with Crippen LogP contribution in [0, 0.1) is 0 Å². The topological polar surface area (TPSA) is 0 Å². The van der Waals surface area contributed by atoms with Crippen LogP contribution in [0.25, 0.3) is 0 Å². The van der Waals surface area contributed by atoms with Gasteiger partial charge >= 0.3 is 0 Å². The van der Waals surface area contributed by atoms with Crippen molar-refractivity contribution < 1.29 is 4.48 Å². The van der Waals surface area contributed by atoms with Gasteiger partial charge in [0.25, 0.3) is 0 Å². The van der Waals surface area contributed by atoms with Gasteiger partial charge in [0.05, 0.1) is 26.2 Å². The summed E-state index contributed by atoms with van der Waals surface area (Å²) in [5.41, 5.74) is 0. The van der Waals surface area contributed by atoms with Gasteiger partial charge in [-0.3, -0.25) is 0 Å². The van der Waals surface area contributed by atoms with Gasteiger partial charge < -0.3 is 4.48 Å². The van der Waals surface area contributed by atoms with Crippen molar-refractivity contribution in [1.82, 2.24) is 0 Å². The normalized spacial score (nSPS) is 16.8. The van der Waals surface area contributed by atoms with Crippen LogP contribution in [-0.4, -0.2) is 30.7 Å². The van der Waals surface area contributed by atoms with Gasteiger partial charge in [0.1, 0.15) is 0 Å². The summed E-state index contributed by atoms with van der Waals surface area (Å²) in [6.45, 7) is 10.6. The molecule has 0 amide bonds. The average Bonchev–Trinajstić information content (AvgIpc) is 3.05. The van der Waals surface area contributed by atoms with E-state index in [1.807, 2.05) is 0 Å². The van der Waals surface area contributed by atoms with Crippen molar-refractivity contribution in [2.24, 2.45) is 0 Å². The van der Waals surface area contributed by atoms with Crippen LogP contribution in [0.5, 0.6) is 0 Å². The van der Waals surface area contributed by atoms with Gasteiger partial charge in [-0.05, 0) is 25.7 Å². The quantitative estimate of drug-likeness (QED) is 0.190. The first-order valence-corrected chi connectivity index (χ1v) is 11.7. The molecule has 1 aliphatic heterocycles. The van der Waals surface area contributed by atoms with Crippen LogP contribution in [0.3, 0.4) is 0 Å². The van der Waals surface area contributed by atoms with Crippen molar-refractivity contribution >= 4 is 0 Å². The molecule has 1 aliphatic rings. The molecule has 1 fully saturated rings. The van der Waals surface area contributed by atoms with Crippen LogP contribution in [0.4, 0.5) is 0 Å². The molecule has 1 saturated heterocycles. The van der Waals surface area contributed by atoms with Crippen molar-refractivity contribution in [2.45, 2.75) is 123 Å². The third-order valence-corrected chi connectivity index (χ3v) is 6.24. The van der Waals surface area contributed by atoms with Crippen LogP contribution in [-0.2, 0) is 0 Å². The van der Waals surface area contributed by atoms with Crippen LogP contribution in [0.2, 0.25) is 0 Å². The largest absolute Gasteiger partial charge is 0.324 e. The van der Waals surface area contributed by atoms with E-state index in [-0.39, 0.29) is 0 Å². The van der Waals surface area contributed by atoms with E-state index in [0.29, 0.717) is 0 Å². The average molecular weight is 339 g/mol. The Balaban J connectivity index is 2.03. The van der Waals surface area contributed by atoms with Crippen LogP contribution in [0.1, 0.15) is 123 Å². The lowest BCUT2D eigenvalue weighted by molar-refractivity contribution is -0.917. The lowest BCUT2D eigenvalue weighted by Gasteiger charge is -2.34. The van der Waals surface area contributed by atoms with Gasteiger partial charge in [-0.25, -0.2) is 0 Å². The molecule has 144 valence electrons. The fourth-order valence-corrected chi connectivity index (χ4v) is 4.55. The van der Waals surface area contributed by atoms with E-state index in [9.17, 15) is 0 Å². The maximum Gasteiger partial charge on any atom is 0.0788 e. The van der Waals surface area contributed by atoms with Gasteiger partial charge in [0.15, 0.2) is 0 Å². The van der Waals surface area contributed by atoms with Crippen LogP contribution in [0.15, 0.2) is 0 Å². The Labute approximate surface area is 154 Å². The molecular weight excluding hydrogens is 290 g/mol. The third-order valence-electron chi connectivity index (χ3n) is 6.24. The Bertz CT molecular complexity index is 255. The molecule has 0 aromatic rings. The summed E-state index contributed by atoms with van der Waals surface area (Å²) < 4.78 is 1.49. The van der Waals surface area contributed by atoms with Gasteiger partial charge in [-0.2, -0.15) is 0 Å². The lowest BCUT2D eigenvalue weighted by Crippen LogP contribution is -2.46. The summed E-state index contributed by atoms with van der Waals surface area (Å²) in [6, 6.07) is 0. The van der Waals surface area contributed by atoms with Gasteiger partial charge in [0.2, 0.25) is 0 Å². The van der Waals surface area contributed by atoms with E-state index in [4.69, 9.17) is 0 Å². The fourth-order valence-electron chi connectivity index (χ4n) is 4.55. The minimum absolute atomic E-state index is 1.37. The molecule has 1 nitrogen and oxygen atoms in total. The van der Waals surface area contributed by atoms with Crippen LogP contribution >= 0.6 is 0 Å². The molecule has 0 unspecified atom stereocenters. The predicted octanol–water partition coefficient (Wildman–Crippen LogP) is 7.49. The van der Waals surface area contributed by atoms with E-state index in [0.717, 1.165) is 0 Å². The summed E-state index contributed by atoms with van der Waals surface area (Å²) in [5.74, 6) is 0. The zero-order valence-corrected chi connectivity index (χ0v) is 17.3. The first-order chi connectivity index (χ1) is 11.8. The highest BCUT2D eigenvalue weighted by Crippen LogP contribution is 2.23. The van der Waals surface area contributed by atoms with Crippen molar-refractivity contribution in [3.8, 4) is 0 Å². The van der Waals surface area contributed by atoms with E-state index in [2.05, 4.69) is 13.8 Å². The fraction of sp³-hybridized carbons (Fsp3) is 1.00. The molecule has 0 saturated carbocycles. The highest BCUT2D eigenvalue weighted by molar-refractivity contribution is 4.57. The second-order valence-electron chi connectivity index (χ2n) is 8.54. The molecule has 0 spiro atoms. The Kier molecular flexibility index (Phi) is 14.0. The summed E-state index contributed by atoms with van der Waals surface area (Å²) >= 11 is 0. The minimum atomic E-state index is 1.37. The molecule has 0 atom stereocenters. The predicted molar refractivity (Wildman–Crippen MR) is 110 cm³/mol. The lowest BCUT2D eigenvalue weighted by atomic mass is 10.1. The number of hydrogen-bond acceptors (Lipinski definition) is 0. The first-order valence-electron chi connectivity index (χ1n) is 11.7. The number of hydrogen-bond donors (Lipinski definition) is 0. The Morgan fingerprint density at radius 3 is 1.17 bits per heavy atom. The zero-order valence-electron chi connectivity index (χ0n) is 17.3. The maximum atomic E-state index is 2.31. The third kappa shape index (κ3) is 10.7. The van der Waals surface area contributed by atoms with Gasteiger partial charge in [-0.15, -0.1) is 0 Å². The molecule has 1 heterocycles. The highest BCUT2D eigenvalue weighted by atomic mass is 15.4. The smallest absolute Gasteiger partial charge is 0.0788 e. The molecule has 1 heteroatoms. The van der Waals surface area contributed by atoms with E-state index in [1.165, 1.54) is 140 Å². The van der Waals surface area contributed by atoms with E-state index < -0.39 is 0 Å². The molecule has 0 bridgehead atoms. The molecule has 0 aliphatic carbocycles. The Hall–Kier alpha value is -0.0400. The number of likely N-dealkylation sites (tertiary alicyclic amines) is 1. The van der Waals surface area contributed by atoms with Crippen molar-refractivity contribution in [3.63, 3.8) is 0 Å². The second kappa shape index (κ2) is 15.2. The van der Waals surface area contributed by atoms with Crippen LogP contribution < -0.4 is 0 Å². The monoisotopic (exact) mass is 338 g/mol. The highest BCUT2D eigenvalue weighted by Gasteiger charge is 2.30. The molecule has 0 N–H and O–H groups in total. The maximum absolute atomic E-state index is 2.31. The Morgan fingerprint density at radius 2 is 0.792 bits per heavy atom. The zero-order chi connectivity index (χ0) is 17.3. The molecule has 0 aromatic carbocycles. The molecular formula is C23H48N+. The van der Waals surface area contributed by atoms with Gasteiger partial charge in [-0.1, -0.05) is 84.5 Å². The molecule has 1 rings (SSSR count). The van der Waals surface area contributed by atoms with E-state index >= 15 is 0 Å². The Morgan fingerprint density at radius 1 is 0.458 bits per heavy atom. The summed E-state index contributed by atoms with van der Waals surface area (Å²) in [5, 5.41) is 0. The van der Waals surface area contributed by atoms with Gasteiger partial charge in [0, 0.05) is 12.8 Å². The number of nitrogens with zero attached hydrogens (tertiary/aromatic N) is 1. The number of rotatable bonds is 17.